The van der Waals surface area contributed by atoms with Crippen molar-refractivity contribution in [3.63, 3.8) is 0 Å². The highest BCUT2D eigenvalue weighted by Gasteiger charge is 2.41. The van der Waals surface area contributed by atoms with Gasteiger partial charge in [0.15, 0.2) is 0 Å². The van der Waals surface area contributed by atoms with Crippen molar-refractivity contribution in [3.05, 3.63) is 17.5 Å². The van der Waals surface area contributed by atoms with Crippen molar-refractivity contribution in [2.24, 2.45) is 5.41 Å². The lowest BCUT2D eigenvalue weighted by Crippen LogP contribution is -2.45. The number of aryl methyl sites for hydroxylation is 1. The van der Waals surface area contributed by atoms with Gasteiger partial charge in [-0.3, -0.25) is 4.79 Å². The molecule has 21 heavy (non-hydrogen) atoms. The van der Waals surface area contributed by atoms with Crippen LogP contribution in [0.4, 0.5) is 5.95 Å². The molecule has 2 heterocycles. The first-order valence-corrected chi connectivity index (χ1v) is 7.25. The molecule has 0 saturated carbocycles. The molecule has 1 N–H and O–H groups in total. The molecule has 0 aromatic carbocycles. The molecule has 0 spiro atoms. The lowest BCUT2D eigenvalue weighted by atomic mass is 9.75. The van der Waals surface area contributed by atoms with Crippen LogP contribution < -0.4 is 4.90 Å². The van der Waals surface area contributed by atoms with Gasteiger partial charge in [0.05, 0.1) is 5.41 Å². The Labute approximate surface area is 124 Å². The van der Waals surface area contributed by atoms with Gasteiger partial charge in [-0.2, -0.15) is 5.26 Å². The van der Waals surface area contributed by atoms with Crippen molar-refractivity contribution in [3.8, 4) is 6.07 Å². The largest absolute Gasteiger partial charge is 0.481 e. The third kappa shape index (κ3) is 3.13. The Morgan fingerprint density at radius 1 is 1.48 bits per heavy atom. The predicted molar refractivity (Wildman–Crippen MR) is 77.9 cm³/mol. The summed E-state index contributed by atoms with van der Waals surface area (Å²) in [5.41, 5.74) is 0.481. The van der Waals surface area contributed by atoms with Gasteiger partial charge in [-0.25, -0.2) is 9.97 Å². The Hall–Kier alpha value is -2.16. The number of carboxylic acid groups (broad SMARTS) is 1. The quantitative estimate of drug-likeness (QED) is 0.912. The lowest BCUT2D eigenvalue weighted by Gasteiger charge is -2.38. The van der Waals surface area contributed by atoms with Crippen LogP contribution in [-0.2, 0) is 4.79 Å². The van der Waals surface area contributed by atoms with E-state index in [1.165, 1.54) is 0 Å². The zero-order valence-electron chi connectivity index (χ0n) is 12.5. The molecule has 112 valence electrons. The second kappa shape index (κ2) is 6.08. The molecule has 0 bridgehead atoms. The molecule has 1 saturated heterocycles. The van der Waals surface area contributed by atoms with Gasteiger partial charge >= 0.3 is 5.97 Å². The highest BCUT2D eigenvalue weighted by Crippen LogP contribution is 2.37. The van der Waals surface area contributed by atoms with Crippen LogP contribution in [0.25, 0.3) is 0 Å². The molecular weight excluding hydrogens is 268 g/mol. The van der Waals surface area contributed by atoms with E-state index in [1.54, 1.807) is 6.07 Å². The van der Waals surface area contributed by atoms with E-state index >= 15 is 0 Å². The van der Waals surface area contributed by atoms with Gasteiger partial charge in [-0.05, 0) is 32.3 Å². The first-order chi connectivity index (χ1) is 10.0. The maximum atomic E-state index is 11.6. The summed E-state index contributed by atoms with van der Waals surface area (Å²) in [7, 11) is 0. The first kappa shape index (κ1) is 15.2. The number of hydrogen-bond acceptors (Lipinski definition) is 5. The molecular formula is C15H20N4O2. The number of aliphatic carboxylic acids is 1. The summed E-state index contributed by atoms with van der Waals surface area (Å²) >= 11 is 0. The van der Waals surface area contributed by atoms with E-state index in [0.29, 0.717) is 44.0 Å². The van der Waals surface area contributed by atoms with Gasteiger partial charge in [0.1, 0.15) is 11.8 Å². The van der Waals surface area contributed by atoms with Crippen LogP contribution in [-0.4, -0.2) is 34.1 Å². The molecule has 0 amide bonds. The minimum Gasteiger partial charge on any atom is -0.481 e. The molecule has 1 aromatic rings. The van der Waals surface area contributed by atoms with Gasteiger partial charge in [-0.15, -0.1) is 0 Å². The van der Waals surface area contributed by atoms with Crippen LogP contribution in [0.5, 0.6) is 0 Å². The van der Waals surface area contributed by atoms with Crippen LogP contribution in [0.1, 0.15) is 44.0 Å². The summed E-state index contributed by atoms with van der Waals surface area (Å²) in [5, 5.41) is 18.5. The molecule has 0 radical (unpaired) electrons. The van der Waals surface area contributed by atoms with E-state index in [-0.39, 0.29) is 0 Å². The van der Waals surface area contributed by atoms with Crippen LogP contribution >= 0.6 is 0 Å². The Balaban J connectivity index is 2.15. The van der Waals surface area contributed by atoms with Crippen LogP contribution in [0.15, 0.2) is 6.07 Å². The normalized spacial score (nSPS) is 17.3. The van der Waals surface area contributed by atoms with Crippen molar-refractivity contribution < 1.29 is 9.90 Å². The molecule has 1 fully saturated rings. The van der Waals surface area contributed by atoms with Crippen molar-refractivity contribution in [2.45, 2.75) is 39.5 Å². The van der Waals surface area contributed by atoms with Crippen LogP contribution in [0, 0.1) is 23.7 Å². The average molecular weight is 288 g/mol. The summed E-state index contributed by atoms with van der Waals surface area (Å²) < 4.78 is 0. The van der Waals surface area contributed by atoms with Crippen LogP contribution in [0.3, 0.4) is 0 Å². The highest BCUT2D eigenvalue weighted by atomic mass is 16.4. The Kier molecular flexibility index (Phi) is 4.41. The maximum absolute atomic E-state index is 11.6. The lowest BCUT2D eigenvalue weighted by molar-refractivity contribution is -0.150. The zero-order chi connectivity index (χ0) is 15.5. The van der Waals surface area contributed by atoms with Crippen LogP contribution in [0.2, 0.25) is 0 Å². The summed E-state index contributed by atoms with van der Waals surface area (Å²) in [6.07, 6.45) is 2.75. The number of nitriles is 1. The standard InChI is InChI=1S/C15H20N4O2/c1-3-4-15(13(20)21)5-7-19(8-6-15)14-17-11(2)9-12(10-16)18-14/h9H,3-8H2,1-2H3,(H,20,21). The van der Waals surface area contributed by atoms with E-state index < -0.39 is 11.4 Å². The number of rotatable bonds is 4. The highest BCUT2D eigenvalue weighted by molar-refractivity contribution is 5.75. The van der Waals surface area contributed by atoms with Crippen molar-refractivity contribution in [2.75, 3.05) is 18.0 Å². The molecule has 1 aliphatic heterocycles. The maximum Gasteiger partial charge on any atom is 0.309 e. The number of carbonyl (C=O) groups is 1. The van der Waals surface area contributed by atoms with Gasteiger partial charge in [0.25, 0.3) is 0 Å². The van der Waals surface area contributed by atoms with Gasteiger partial charge in [-0.1, -0.05) is 13.3 Å². The molecule has 6 heteroatoms. The smallest absolute Gasteiger partial charge is 0.309 e. The van der Waals surface area contributed by atoms with E-state index in [4.69, 9.17) is 5.26 Å². The second-order valence-corrected chi connectivity index (χ2v) is 5.63. The van der Waals surface area contributed by atoms with E-state index in [2.05, 4.69) is 9.97 Å². The number of hydrogen-bond donors (Lipinski definition) is 1. The van der Waals surface area contributed by atoms with Crippen molar-refractivity contribution in [1.82, 2.24) is 9.97 Å². The van der Waals surface area contributed by atoms with Crippen molar-refractivity contribution in [1.29, 1.82) is 5.26 Å². The Morgan fingerprint density at radius 2 is 2.14 bits per heavy atom. The zero-order valence-corrected chi connectivity index (χ0v) is 12.5. The minimum absolute atomic E-state index is 0.348. The van der Waals surface area contributed by atoms with Crippen molar-refractivity contribution >= 4 is 11.9 Å². The number of anilines is 1. The third-order valence-corrected chi connectivity index (χ3v) is 4.14. The van der Waals surface area contributed by atoms with Gasteiger partial charge in [0, 0.05) is 18.8 Å². The van der Waals surface area contributed by atoms with Gasteiger partial charge in [0.2, 0.25) is 5.95 Å². The fraction of sp³-hybridized carbons (Fsp3) is 0.600. The summed E-state index contributed by atoms with van der Waals surface area (Å²) in [6.45, 7) is 5.07. The Morgan fingerprint density at radius 3 is 2.67 bits per heavy atom. The van der Waals surface area contributed by atoms with E-state index in [0.717, 1.165) is 12.1 Å². The summed E-state index contributed by atoms with van der Waals surface area (Å²) in [4.78, 5) is 22.1. The number of piperidine rings is 1. The summed E-state index contributed by atoms with van der Waals surface area (Å²) in [6, 6.07) is 3.68. The number of nitrogens with zero attached hydrogens (tertiary/aromatic N) is 4. The fourth-order valence-corrected chi connectivity index (χ4v) is 2.94. The topological polar surface area (TPSA) is 90.1 Å². The number of aromatic nitrogens is 2. The molecule has 0 unspecified atom stereocenters. The van der Waals surface area contributed by atoms with E-state index in [1.807, 2.05) is 24.8 Å². The third-order valence-electron chi connectivity index (χ3n) is 4.14. The average Bonchev–Trinajstić information content (AvgIpc) is 2.47. The molecule has 6 nitrogen and oxygen atoms in total. The first-order valence-electron chi connectivity index (χ1n) is 7.25. The molecule has 1 aromatic heterocycles. The van der Waals surface area contributed by atoms with Gasteiger partial charge < -0.3 is 10.0 Å². The second-order valence-electron chi connectivity index (χ2n) is 5.63. The molecule has 0 atom stereocenters. The SMILES string of the molecule is CCCC1(C(=O)O)CCN(c2nc(C)cc(C#N)n2)CC1. The molecule has 2 rings (SSSR count). The monoisotopic (exact) mass is 288 g/mol. The molecule has 1 aliphatic rings. The predicted octanol–water partition coefficient (Wildman–Crippen LogP) is 2.13. The number of carboxylic acids is 1. The minimum atomic E-state index is -0.702. The fourth-order valence-electron chi connectivity index (χ4n) is 2.94. The summed E-state index contributed by atoms with van der Waals surface area (Å²) in [5.74, 6) is -0.172. The molecule has 0 aliphatic carbocycles. The Bertz CT molecular complexity index is 572. The van der Waals surface area contributed by atoms with E-state index in [9.17, 15) is 9.90 Å².